The van der Waals surface area contributed by atoms with Crippen molar-refractivity contribution < 1.29 is 13.2 Å². The Morgan fingerprint density at radius 3 is 2.00 bits per heavy atom. The van der Waals surface area contributed by atoms with Crippen LogP contribution >= 0.6 is 11.8 Å². The van der Waals surface area contributed by atoms with Crippen molar-refractivity contribution in [3.05, 3.63) is 59.7 Å². The lowest BCUT2D eigenvalue weighted by atomic mass is 10.1. The number of thioether (sulfide) groups is 1. The van der Waals surface area contributed by atoms with Gasteiger partial charge in [0.1, 0.15) is 5.78 Å². The molecular formula is C20H24O3S2. The molecule has 0 N–H and O–H groups in total. The number of benzene rings is 2. The van der Waals surface area contributed by atoms with Crippen LogP contribution in [-0.2, 0) is 14.6 Å². The molecule has 0 spiro atoms. The van der Waals surface area contributed by atoms with Crippen LogP contribution in [0.5, 0.6) is 0 Å². The molecule has 25 heavy (non-hydrogen) atoms. The summed E-state index contributed by atoms with van der Waals surface area (Å²) >= 11 is 1.53. The third kappa shape index (κ3) is 5.72. The average Bonchev–Trinajstić information content (AvgIpc) is 2.59. The van der Waals surface area contributed by atoms with Crippen LogP contribution < -0.4 is 0 Å². The molecule has 3 nitrogen and oxygen atoms in total. The molecule has 1 unspecified atom stereocenters. The molecule has 2 rings (SSSR count). The van der Waals surface area contributed by atoms with Gasteiger partial charge < -0.3 is 0 Å². The van der Waals surface area contributed by atoms with Crippen molar-refractivity contribution in [2.24, 2.45) is 5.92 Å². The summed E-state index contributed by atoms with van der Waals surface area (Å²) in [6.07, 6.45) is 0.350. The largest absolute Gasteiger partial charge is 0.299 e. The quantitative estimate of drug-likeness (QED) is 0.638. The maximum atomic E-state index is 12.7. The van der Waals surface area contributed by atoms with E-state index in [1.54, 1.807) is 31.2 Å². The summed E-state index contributed by atoms with van der Waals surface area (Å²) < 4.78 is 25.3. The Morgan fingerprint density at radius 2 is 1.48 bits per heavy atom. The van der Waals surface area contributed by atoms with Crippen molar-refractivity contribution in [2.45, 2.75) is 37.0 Å². The van der Waals surface area contributed by atoms with Gasteiger partial charge in [-0.05, 0) is 38.1 Å². The third-order valence-corrected chi connectivity index (χ3v) is 7.08. The van der Waals surface area contributed by atoms with Gasteiger partial charge in [-0.1, -0.05) is 42.3 Å². The smallest absolute Gasteiger partial charge is 0.179 e. The van der Waals surface area contributed by atoms with Crippen LogP contribution in [0.3, 0.4) is 0 Å². The third-order valence-electron chi connectivity index (χ3n) is 4.08. The fourth-order valence-electron chi connectivity index (χ4n) is 2.46. The zero-order chi connectivity index (χ0) is 18.4. The second-order valence-corrected chi connectivity index (χ2v) is 9.36. The molecule has 0 aliphatic rings. The normalized spacial score (nSPS) is 12.8. The molecule has 0 heterocycles. The van der Waals surface area contributed by atoms with Gasteiger partial charge >= 0.3 is 0 Å². The molecule has 5 heteroatoms. The average molecular weight is 377 g/mol. The molecule has 0 aromatic heterocycles. The first-order chi connectivity index (χ1) is 11.8. The standard InChI is InChI=1S/C20H24O3S2/c1-4-20(21)17(13-24-18-9-5-15(2)6-10-18)14-25(22,23)19-11-7-16(3)8-12-19/h5-12,17H,4,13-14H2,1-3H3. The summed E-state index contributed by atoms with van der Waals surface area (Å²) in [4.78, 5) is 13.6. The van der Waals surface area contributed by atoms with Gasteiger partial charge in [-0.25, -0.2) is 8.42 Å². The molecule has 0 saturated heterocycles. The lowest BCUT2D eigenvalue weighted by molar-refractivity contribution is -0.121. The number of rotatable bonds is 8. The van der Waals surface area contributed by atoms with E-state index in [4.69, 9.17) is 0 Å². The molecule has 0 saturated carbocycles. The Balaban J connectivity index is 2.12. The Morgan fingerprint density at radius 1 is 0.960 bits per heavy atom. The van der Waals surface area contributed by atoms with Crippen molar-refractivity contribution in [3.63, 3.8) is 0 Å². The van der Waals surface area contributed by atoms with E-state index in [0.717, 1.165) is 10.5 Å². The van der Waals surface area contributed by atoms with Crippen molar-refractivity contribution in [3.8, 4) is 0 Å². The highest BCUT2D eigenvalue weighted by molar-refractivity contribution is 7.99. The molecule has 0 aliphatic carbocycles. The Labute approximate surface area is 154 Å². The highest BCUT2D eigenvalue weighted by Gasteiger charge is 2.26. The molecule has 0 radical (unpaired) electrons. The van der Waals surface area contributed by atoms with E-state index in [0.29, 0.717) is 12.2 Å². The van der Waals surface area contributed by atoms with Gasteiger partial charge in [0.05, 0.1) is 10.6 Å². The highest BCUT2D eigenvalue weighted by Crippen LogP contribution is 2.25. The topological polar surface area (TPSA) is 51.2 Å². The summed E-state index contributed by atoms with van der Waals surface area (Å²) in [6.45, 7) is 5.72. The number of sulfone groups is 1. The zero-order valence-corrected chi connectivity index (χ0v) is 16.5. The van der Waals surface area contributed by atoms with Crippen LogP contribution in [0, 0.1) is 19.8 Å². The first kappa shape index (κ1) is 19.7. The van der Waals surface area contributed by atoms with Crippen molar-refractivity contribution in [1.29, 1.82) is 0 Å². The maximum absolute atomic E-state index is 12.7. The van der Waals surface area contributed by atoms with E-state index in [1.165, 1.54) is 17.3 Å². The first-order valence-corrected chi connectivity index (χ1v) is 11.0. The molecule has 1 atom stereocenters. The minimum absolute atomic E-state index is 0.00435. The number of ketones is 1. The molecule has 0 amide bonds. The van der Waals surface area contributed by atoms with Gasteiger partial charge in [-0.3, -0.25) is 4.79 Å². The molecule has 134 valence electrons. The van der Waals surface area contributed by atoms with Gasteiger partial charge in [0, 0.05) is 23.0 Å². The second-order valence-electron chi connectivity index (χ2n) is 6.24. The van der Waals surface area contributed by atoms with E-state index in [9.17, 15) is 13.2 Å². The van der Waals surface area contributed by atoms with Crippen LogP contribution in [0.25, 0.3) is 0 Å². The van der Waals surface area contributed by atoms with E-state index < -0.39 is 15.8 Å². The van der Waals surface area contributed by atoms with E-state index >= 15 is 0 Å². The maximum Gasteiger partial charge on any atom is 0.179 e. The van der Waals surface area contributed by atoms with Crippen molar-refractivity contribution >= 4 is 27.4 Å². The number of carbonyl (C=O) groups is 1. The van der Waals surface area contributed by atoms with Gasteiger partial charge in [-0.2, -0.15) is 0 Å². The number of hydrogen-bond acceptors (Lipinski definition) is 4. The summed E-state index contributed by atoms with van der Waals surface area (Å²) in [7, 11) is -3.48. The molecule has 0 bridgehead atoms. The molecule has 0 aliphatic heterocycles. The van der Waals surface area contributed by atoms with Gasteiger partial charge in [0.15, 0.2) is 9.84 Å². The van der Waals surface area contributed by atoms with E-state index in [1.807, 2.05) is 38.1 Å². The lowest BCUT2D eigenvalue weighted by Gasteiger charge is -2.15. The lowest BCUT2D eigenvalue weighted by Crippen LogP contribution is -2.25. The Kier molecular flexibility index (Phi) is 6.85. The van der Waals surface area contributed by atoms with Gasteiger partial charge in [-0.15, -0.1) is 11.8 Å². The molecule has 2 aromatic carbocycles. The minimum Gasteiger partial charge on any atom is -0.299 e. The van der Waals surface area contributed by atoms with Gasteiger partial charge in [0.2, 0.25) is 0 Å². The van der Waals surface area contributed by atoms with Crippen LogP contribution in [0.15, 0.2) is 58.3 Å². The summed E-state index contributed by atoms with van der Waals surface area (Å²) in [5.74, 6) is -0.166. The molecule has 2 aromatic rings. The SMILES string of the molecule is CCC(=O)C(CSc1ccc(C)cc1)CS(=O)(=O)c1ccc(C)cc1. The second kappa shape index (κ2) is 8.68. The summed E-state index contributed by atoms with van der Waals surface area (Å²) in [5.41, 5.74) is 2.18. The van der Waals surface area contributed by atoms with Gasteiger partial charge in [0.25, 0.3) is 0 Å². The highest BCUT2D eigenvalue weighted by atomic mass is 32.2. The first-order valence-electron chi connectivity index (χ1n) is 8.33. The summed E-state index contributed by atoms with van der Waals surface area (Å²) in [6, 6.07) is 14.8. The van der Waals surface area contributed by atoms with E-state index in [-0.39, 0.29) is 16.4 Å². The van der Waals surface area contributed by atoms with Crippen LogP contribution in [-0.4, -0.2) is 25.7 Å². The minimum atomic E-state index is -3.48. The number of Topliss-reactive ketones (excluding diaryl/α,β-unsaturated/α-hetero) is 1. The number of aryl methyl sites for hydroxylation is 2. The van der Waals surface area contributed by atoms with Crippen LogP contribution in [0.2, 0.25) is 0 Å². The fraction of sp³-hybridized carbons (Fsp3) is 0.350. The van der Waals surface area contributed by atoms with Crippen molar-refractivity contribution in [2.75, 3.05) is 11.5 Å². The Hall–Kier alpha value is -1.59. The Bertz CT molecular complexity index is 807. The fourth-order valence-corrected chi connectivity index (χ4v) is 5.21. The number of hydrogen-bond donors (Lipinski definition) is 0. The van der Waals surface area contributed by atoms with Crippen molar-refractivity contribution in [1.82, 2.24) is 0 Å². The van der Waals surface area contributed by atoms with Crippen LogP contribution in [0.4, 0.5) is 0 Å². The monoisotopic (exact) mass is 376 g/mol. The predicted molar refractivity (Wildman–Crippen MR) is 104 cm³/mol. The van der Waals surface area contributed by atoms with Crippen LogP contribution in [0.1, 0.15) is 24.5 Å². The summed E-state index contributed by atoms with van der Waals surface area (Å²) in [5, 5.41) is 0. The predicted octanol–water partition coefficient (Wildman–Crippen LogP) is 4.46. The molecule has 0 fully saturated rings. The number of carbonyl (C=O) groups excluding carboxylic acids is 1. The zero-order valence-electron chi connectivity index (χ0n) is 14.9. The van der Waals surface area contributed by atoms with E-state index in [2.05, 4.69) is 0 Å². The molecular weight excluding hydrogens is 352 g/mol.